The lowest BCUT2D eigenvalue weighted by molar-refractivity contribution is 0.0172. The first kappa shape index (κ1) is 23.9. The normalized spacial score (nSPS) is 16.0. The van der Waals surface area contributed by atoms with Gasteiger partial charge in [-0.3, -0.25) is 14.7 Å². The van der Waals surface area contributed by atoms with E-state index in [0.29, 0.717) is 45.3 Å². The van der Waals surface area contributed by atoms with E-state index in [2.05, 4.69) is 15.3 Å². The number of amides is 2. The van der Waals surface area contributed by atoms with Crippen LogP contribution in [0.15, 0.2) is 42.9 Å². The van der Waals surface area contributed by atoms with E-state index in [-0.39, 0.29) is 11.7 Å². The number of aryl methyl sites for hydroxylation is 1. The van der Waals surface area contributed by atoms with Crippen LogP contribution in [0.5, 0.6) is 0 Å². The third-order valence-electron chi connectivity index (χ3n) is 5.54. The van der Waals surface area contributed by atoms with E-state index in [1.165, 1.54) is 21.8 Å². The lowest BCUT2D eigenvalue weighted by Gasteiger charge is -2.34. The van der Waals surface area contributed by atoms with Gasteiger partial charge in [0.05, 0.1) is 34.2 Å². The molecule has 0 fully saturated rings. The molecule has 1 N–H and O–H groups in total. The van der Waals surface area contributed by atoms with Crippen LogP contribution >= 0.6 is 11.3 Å². The number of fused-ring (bicyclic) bond motifs is 2. The molecular formula is C25H25FN6O3S. The van der Waals surface area contributed by atoms with E-state index in [9.17, 15) is 14.0 Å². The van der Waals surface area contributed by atoms with E-state index in [0.717, 1.165) is 0 Å². The Labute approximate surface area is 210 Å². The molecule has 0 saturated heterocycles. The van der Waals surface area contributed by atoms with Crippen molar-refractivity contribution in [3.63, 3.8) is 0 Å². The molecule has 186 valence electrons. The minimum Gasteiger partial charge on any atom is -0.444 e. The molecule has 1 atom stereocenters. The fraction of sp³-hybridized carbons (Fsp3) is 0.320. The average molecular weight is 509 g/mol. The predicted molar refractivity (Wildman–Crippen MR) is 135 cm³/mol. The molecule has 5 rings (SSSR count). The largest absolute Gasteiger partial charge is 0.444 e. The van der Waals surface area contributed by atoms with Gasteiger partial charge in [0, 0.05) is 25.0 Å². The number of nitrogens with one attached hydrogen (secondary N) is 1. The molecule has 11 heteroatoms. The standard InChI is InChI=1S/C25H25FN6O3S/c1-14-12-31-13-15(9-16(26)21(31)28-14)29-22(33)20-10-17-23(36-20)30-18(11-27-17)19-7-5-6-8-32(19)24(34)35-25(2,3)4/h5-6,9-13,19H,7-8H2,1-4H3,(H,29,33). The molecule has 0 aromatic carbocycles. The molecule has 5 heterocycles. The zero-order valence-corrected chi connectivity index (χ0v) is 21.1. The number of carbonyl (C=O) groups excluding carboxylic acids is 2. The van der Waals surface area contributed by atoms with Crippen LogP contribution in [0.3, 0.4) is 0 Å². The fourth-order valence-corrected chi connectivity index (χ4v) is 4.90. The van der Waals surface area contributed by atoms with Gasteiger partial charge >= 0.3 is 6.09 Å². The SMILES string of the molecule is Cc1cn2cc(NC(=O)c3cc4ncc(C5CC=CCN5C(=O)OC(C)(C)C)nc4s3)cc(F)c2n1. The van der Waals surface area contributed by atoms with E-state index in [1.54, 1.807) is 36.5 Å². The van der Waals surface area contributed by atoms with Crippen molar-refractivity contribution in [3.05, 3.63) is 65.0 Å². The second-order valence-corrected chi connectivity index (χ2v) is 10.6. The highest BCUT2D eigenvalue weighted by Gasteiger charge is 2.31. The van der Waals surface area contributed by atoms with Gasteiger partial charge in [-0.1, -0.05) is 12.2 Å². The van der Waals surface area contributed by atoms with Gasteiger partial charge in [0.25, 0.3) is 5.91 Å². The second kappa shape index (κ2) is 8.98. The highest BCUT2D eigenvalue weighted by atomic mass is 32.1. The number of halogens is 1. The molecule has 0 saturated carbocycles. The molecule has 4 aromatic rings. The van der Waals surface area contributed by atoms with Crippen molar-refractivity contribution in [1.82, 2.24) is 24.3 Å². The summed E-state index contributed by atoms with van der Waals surface area (Å²) in [6.07, 6.45) is 9.02. The number of aromatic nitrogens is 4. The van der Waals surface area contributed by atoms with Gasteiger partial charge in [0.1, 0.15) is 15.9 Å². The van der Waals surface area contributed by atoms with Gasteiger partial charge < -0.3 is 14.5 Å². The maximum Gasteiger partial charge on any atom is 0.411 e. The Kier molecular flexibility index (Phi) is 5.95. The molecule has 0 bridgehead atoms. The predicted octanol–water partition coefficient (Wildman–Crippen LogP) is 5.28. The Bertz CT molecular complexity index is 1520. The summed E-state index contributed by atoms with van der Waals surface area (Å²) in [6, 6.07) is 2.56. The van der Waals surface area contributed by atoms with Crippen LogP contribution < -0.4 is 5.32 Å². The number of imidazole rings is 1. The molecule has 36 heavy (non-hydrogen) atoms. The number of anilines is 1. The summed E-state index contributed by atoms with van der Waals surface area (Å²) in [5, 5.41) is 2.73. The molecule has 1 aliphatic rings. The van der Waals surface area contributed by atoms with Crippen molar-refractivity contribution in [1.29, 1.82) is 0 Å². The van der Waals surface area contributed by atoms with Crippen molar-refractivity contribution >= 4 is 45.0 Å². The lowest BCUT2D eigenvalue weighted by Crippen LogP contribution is -2.40. The van der Waals surface area contributed by atoms with Gasteiger partial charge in [0.15, 0.2) is 11.5 Å². The number of nitrogens with zero attached hydrogens (tertiary/aromatic N) is 5. The van der Waals surface area contributed by atoms with Crippen LogP contribution in [0.1, 0.15) is 54.3 Å². The monoisotopic (exact) mass is 508 g/mol. The number of rotatable bonds is 3. The van der Waals surface area contributed by atoms with Gasteiger partial charge in [-0.2, -0.15) is 0 Å². The van der Waals surface area contributed by atoms with Crippen molar-refractivity contribution in [3.8, 4) is 0 Å². The van der Waals surface area contributed by atoms with Crippen molar-refractivity contribution in [2.45, 2.75) is 45.8 Å². The molecule has 9 nitrogen and oxygen atoms in total. The Hall–Kier alpha value is -3.86. The Morgan fingerprint density at radius 1 is 1.19 bits per heavy atom. The zero-order valence-electron chi connectivity index (χ0n) is 20.3. The molecule has 0 radical (unpaired) electrons. The average Bonchev–Trinajstić information content (AvgIpc) is 3.40. The number of pyridine rings is 1. The number of ether oxygens (including phenoxy) is 1. The summed E-state index contributed by atoms with van der Waals surface area (Å²) in [4.78, 5) is 41.6. The molecule has 0 spiro atoms. The summed E-state index contributed by atoms with van der Waals surface area (Å²) in [5.41, 5.74) is 1.76. The first-order valence-corrected chi connectivity index (χ1v) is 12.3. The van der Waals surface area contributed by atoms with Crippen molar-refractivity contribution in [2.24, 2.45) is 0 Å². The van der Waals surface area contributed by atoms with Crippen LogP contribution in [0.25, 0.3) is 16.0 Å². The first-order valence-electron chi connectivity index (χ1n) is 11.4. The third-order valence-corrected chi connectivity index (χ3v) is 6.56. The van der Waals surface area contributed by atoms with Crippen LogP contribution in [-0.2, 0) is 4.74 Å². The van der Waals surface area contributed by atoms with Gasteiger partial charge in [0.2, 0.25) is 0 Å². The van der Waals surface area contributed by atoms with Gasteiger partial charge in [-0.05, 0) is 40.2 Å². The quantitative estimate of drug-likeness (QED) is 0.378. The van der Waals surface area contributed by atoms with E-state index >= 15 is 0 Å². The topological polar surface area (TPSA) is 102 Å². The summed E-state index contributed by atoms with van der Waals surface area (Å²) in [5.74, 6) is -0.922. The minimum absolute atomic E-state index is 0.200. The van der Waals surface area contributed by atoms with Crippen LogP contribution in [0.4, 0.5) is 14.9 Å². The Balaban J connectivity index is 1.38. The van der Waals surface area contributed by atoms with Crippen LogP contribution in [-0.4, -0.2) is 48.4 Å². The fourth-order valence-electron chi connectivity index (χ4n) is 4.01. The van der Waals surface area contributed by atoms with Crippen molar-refractivity contribution < 1.29 is 18.7 Å². The second-order valence-electron chi connectivity index (χ2n) is 9.60. The molecule has 1 aliphatic heterocycles. The summed E-state index contributed by atoms with van der Waals surface area (Å²) in [6.45, 7) is 7.66. The maximum atomic E-state index is 14.4. The highest BCUT2D eigenvalue weighted by Crippen LogP contribution is 2.31. The summed E-state index contributed by atoms with van der Waals surface area (Å²) in [7, 11) is 0. The van der Waals surface area contributed by atoms with Crippen molar-refractivity contribution in [2.75, 3.05) is 11.9 Å². The summed E-state index contributed by atoms with van der Waals surface area (Å²) < 4.78 is 21.5. The van der Waals surface area contributed by atoms with Gasteiger partial charge in [-0.15, -0.1) is 11.3 Å². The number of thiophene rings is 1. The molecular weight excluding hydrogens is 483 g/mol. The van der Waals surface area contributed by atoms with Gasteiger partial charge in [-0.25, -0.2) is 19.2 Å². The Morgan fingerprint density at radius 2 is 2.00 bits per heavy atom. The molecule has 1 unspecified atom stereocenters. The lowest BCUT2D eigenvalue weighted by atomic mass is 10.1. The molecule has 0 aliphatic carbocycles. The van der Waals surface area contributed by atoms with E-state index in [4.69, 9.17) is 9.72 Å². The van der Waals surface area contributed by atoms with E-state index in [1.807, 2.05) is 32.9 Å². The molecule has 4 aromatic heterocycles. The smallest absolute Gasteiger partial charge is 0.411 e. The Morgan fingerprint density at radius 3 is 2.78 bits per heavy atom. The molecule has 2 amide bonds. The zero-order chi connectivity index (χ0) is 25.6. The minimum atomic E-state index is -0.613. The van der Waals surface area contributed by atoms with Crippen LogP contribution in [0.2, 0.25) is 0 Å². The number of carbonyl (C=O) groups is 2. The highest BCUT2D eigenvalue weighted by molar-refractivity contribution is 7.20. The maximum absolute atomic E-state index is 14.4. The summed E-state index contributed by atoms with van der Waals surface area (Å²) >= 11 is 1.18. The third kappa shape index (κ3) is 4.78. The first-order chi connectivity index (χ1) is 17.1. The number of hydrogen-bond donors (Lipinski definition) is 1. The number of hydrogen-bond acceptors (Lipinski definition) is 7. The van der Waals surface area contributed by atoms with E-state index < -0.39 is 23.4 Å². The van der Waals surface area contributed by atoms with Crippen LogP contribution in [0, 0.1) is 12.7 Å².